The average Bonchev–Trinajstić information content (AvgIpc) is 2.74. The number of morpholine rings is 1. The van der Waals surface area contributed by atoms with Crippen molar-refractivity contribution in [2.75, 3.05) is 32.9 Å². The Kier molecular flexibility index (Phi) is 5.94. The first-order valence-electron chi connectivity index (χ1n) is 10.1. The van der Waals surface area contributed by atoms with Crippen molar-refractivity contribution in [3.05, 3.63) is 57.7 Å². The predicted octanol–water partition coefficient (Wildman–Crippen LogP) is 3.85. The zero-order valence-electron chi connectivity index (χ0n) is 16.8. The quantitative estimate of drug-likeness (QED) is 0.471. The van der Waals surface area contributed by atoms with Crippen molar-refractivity contribution in [2.45, 2.75) is 26.3 Å². The monoisotopic (exact) mass is 411 g/mol. The van der Waals surface area contributed by atoms with Gasteiger partial charge in [-0.3, -0.25) is 9.69 Å². The molecule has 0 spiro atoms. The molecule has 6 heteroatoms. The number of carbonyl (C=O) groups is 1. The van der Waals surface area contributed by atoms with E-state index in [0.29, 0.717) is 22.4 Å². The molecule has 2 aromatic carbocycles. The van der Waals surface area contributed by atoms with Gasteiger partial charge in [0.1, 0.15) is 0 Å². The average molecular weight is 412 g/mol. The minimum Gasteiger partial charge on any atom is -0.462 e. The van der Waals surface area contributed by atoms with Crippen molar-refractivity contribution in [3.8, 4) is 0 Å². The molecule has 0 aliphatic carbocycles. The van der Waals surface area contributed by atoms with Crippen LogP contribution >= 0.6 is 11.3 Å². The first kappa shape index (κ1) is 20.0. The van der Waals surface area contributed by atoms with Crippen LogP contribution in [0.4, 0.5) is 0 Å². The normalized spacial score (nSPS) is 16.2. The third-order valence-corrected chi connectivity index (χ3v) is 6.55. The number of rotatable bonds is 5. The third kappa shape index (κ3) is 4.06. The van der Waals surface area contributed by atoms with E-state index in [1.54, 1.807) is 18.3 Å². The molecule has 1 fully saturated rings. The Morgan fingerprint density at radius 3 is 2.72 bits per heavy atom. The van der Waals surface area contributed by atoms with Crippen molar-refractivity contribution in [1.82, 2.24) is 4.90 Å². The number of hydrogen-bond acceptors (Lipinski definition) is 6. The molecule has 0 N–H and O–H groups in total. The van der Waals surface area contributed by atoms with Gasteiger partial charge >= 0.3 is 5.97 Å². The first-order chi connectivity index (χ1) is 14.1. The van der Waals surface area contributed by atoms with Gasteiger partial charge in [-0.2, -0.15) is 0 Å². The minimum atomic E-state index is -0.432. The lowest BCUT2D eigenvalue weighted by molar-refractivity contribution is 0.0203. The van der Waals surface area contributed by atoms with Gasteiger partial charge in [0, 0.05) is 33.9 Å². The lowest BCUT2D eigenvalue weighted by Gasteiger charge is -2.32. The SMILES string of the molecule is CCOC(=O)c1cc(CC(C)N2CCOCC2)cc2sc3ccccc3c(=O)c12. The third-order valence-electron chi connectivity index (χ3n) is 5.44. The number of carbonyl (C=O) groups excluding carboxylic acids is 1. The van der Waals surface area contributed by atoms with Gasteiger partial charge in [0.15, 0.2) is 5.43 Å². The molecule has 1 saturated heterocycles. The van der Waals surface area contributed by atoms with Crippen molar-refractivity contribution in [1.29, 1.82) is 0 Å². The van der Waals surface area contributed by atoms with Crippen LogP contribution in [0.1, 0.15) is 29.8 Å². The maximum absolute atomic E-state index is 13.2. The van der Waals surface area contributed by atoms with Gasteiger partial charge in [-0.15, -0.1) is 11.3 Å². The van der Waals surface area contributed by atoms with Gasteiger partial charge in [-0.1, -0.05) is 12.1 Å². The molecular weight excluding hydrogens is 386 g/mol. The second-order valence-corrected chi connectivity index (χ2v) is 8.45. The molecule has 4 rings (SSSR count). The van der Waals surface area contributed by atoms with Crippen molar-refractivity contribution >= 4 is 37.5 Å². The summed E-state index contributed by atoms with van der Waals surface area (Å²) in [5.74, 6) is -0.432. The second-order valence-electron chi connectivity index (χ2n) is 7.37. The Hall–Kier alpha value is -2.28. The Bertz CT molecular complexity index is 1100. The summed E-state index contributed by atoms with van der Waals surface area (Å²) < 4.78 is 12.5. The Balaban J connectivity index is 1.82. The van der Waals surface area contributed by atoms with E-state index in [0.717, 1.165) is 47.7 Å². The van der Waals surface area contributed by atoms with Crippen molar-refractivity contribution < 1.29 is 14.3 Å². The van der Waals surface area contributed by atoms with E-state index < -0.39 is 5.97 Å². The molecule has 152 valence electrons. The van der Waals surface area contributed by atoms with E-state index in [2.05, 4.69) is 17.9 Å². The topological polar surface area (TPSA) is 55.8 Å². The van der Waals surface area contributed by atoms with Gasteiger partial charge in [-0.05, 0) is 50.1 Å². The zero-order chi connectivity index (χ0) is 20.4. The summed E-state index contributed by atoms with van der Waals surface area (Å²) in [6.45, 7) is 7.59. The second kappa shape index (κ2) is 8.61. The van der Waals surface area contributed by atoms with Crippen molar-refractivity contribution in [2.24, 2.45) is 0 Å². The highest BCUT2D eigenvalue weighted by molar-refractivity contribution is 7.24. The zero-order valence-corrected chi connectivity index (χ0v) is 17.6. The fourth-order valence-corrected chi connectivity index (χ4v) is 5.13. The van der Waals surface area contributed by atoms with Gasteiger partial charge in [0.2, 0.25) is 0 Å². The van der Waals surface area contributed by atoms with Crippen LogP contribution in [0.15, 0.2) is 41.2 Å². The van der Waals surface area contributed by atoms with E-state index in [4.69, 9.17) is 9.47 Å². The summed E-state index contributed by atoms with van der Waals surface area (Å²) in [7, 11) is 0. The number of esters is 1. The maximum Gasteiger partial charge on any atom is 0.338 e. The van der Waals surface area contributed by atoms with E-state index in [1.165, 1.54) is 0 Å². The first-order valence-corrected chi connectivity index (χ1v) is 10.9. The number of benzene rings is 2. The molecule has 2 heterocycles. The molecule has 3 aromatic rings. The summed E-state index contributed by atoms with van der Waals surface area (Å²) >= 11 is 1.55. The van der Waals surface area contributed by atoms with Crippen LogP contribution in [0.2, 0.25) is 0 Å². The van der Waals surface area contributed by atoms with E-state index >= 15 is 0 Å². The highest BCUT2D eigenvalue weighted by Crippen LogP contribution is 2.29. The molecule has 1 atom stereocenters. The lowest BCUT2D eigenvalue weighted by atomic mass is 9.99. The molecule has 0 saturated carbocycles. The van der Waals surface area contributed by atoms with Gasteiger partial charge < -0.3 is 9.47 Å². The number of ether oxygens (including phenoxy) is 2. The minimum absolute atomic E-state index is 0.106. The highest BCUT2D eigenvalue weighted by Gasteiger charge is 2.21. The standard InChI is InChI=1S/C23H25NO4S/c1-3-28-23(26)18-13-16(12-15(2)24-8-10-27-11-9-24)14-20-21(18)22(25)17-6-4-5-7-19(17)29-20/h4-7,13-15H,3,8-12H2,1-2H3. The van der Waals surface area contributed by atoms with E-state index in [-0.39, 0.29) is 12.0 Å². The molecule has 1 aromatic heterocycles. The number of nitrogens with zero attached hydrogens (tertiary/aromatic N) is 1. The summed E-state index contributed by atoms with van der Waals surface area (Å²) in [6.07, 6.45) is 0.802. The van der Waals surface area contributed by atoms with Crippen LogP contribution in [-0.2, 0) is 15.9 Å². The van der Waals surface area contributed by atoms with Crippen LogP contribution in [0.5, 0.6) is 0 Å². The fourth-order valence-electron chi connectivity index (χ4n) is 3.96. The van der Waals surface area contributed by atoms with Crippen LogP contribution in [0.3, 0.4) is 0 Å². The molecule has 1 unspecified atom stereocenters. The molecule has 29 heavy (non-hydrogen) atoms. The van der Waals surface area contributed by atoms with Crippen LogP contribution in [0, 0.1) is 0 Å². The predicted molar refractivity (Wildman–Crippen MR) is 117 cm³/mol. The van der Waals surface area contributed by atoms with Crippen LogP contribution in [0.25, 0.3) is 20.2 Å². The fraction of sp³-hybridized carbons (Fsp3) is 0.391. The molecular formula is C23H25NO4S. The maximum atomic E-state index is 13.2. The largest absolute Gasteiger partial charge is 0.462 e. The molecule has 1 aliphatic heterocycles. The molecule has 0 amide bonds. The number of fused-ring (bicyclic) bond motifs is 2. The lowest BCUT2D eigenvalue weighted by Crippen LogP contribution is -2.43. The Labute approximate surface area is 173 Å². The van der Waals surface area contributed by atoms with Gasteiger partial charge in [-0.25, -0.2) is 4.79 Å². The highest BCUT2D eigenvalue weighted by atomic mass is 32.1. The molecule has 5 nitrogen and oxygen atoms in total. The Morgan fingerprint density at radius 2 is 1.97 bits per heavy atom. The van der Waals surface area contributed by atoms with Gasteiger partial charge in [0.25, 0.3) is 0 Å². The van der Waals surface area contributed by atoms with E-state index in [1.807, 2.05) is 30.3 Å². The Morgan fingerprint density at radius 1 is 1.21 bits per heavy atom. The number of hydrogen-bond donors (Lipinski definition) is 0. The molecule has 1 aliphatic rings. The van der Waals surface area contributed by atoms with Gasteiger partial charge in [0.05, 0.1) is 30.8 Å². The summed E-state index contributed by atoms with van der Waals surface area (Å²) in [4.78, 5) is 28.3. The summed E-state index contributed by atoms with van der Waals surface area (Å²) in [6, 6.07) is 11.8. The van der Waals surface area contributed by atoms with Crippen molar-refractivity contribution in [3.63, 3.8) is 0 Å². The summed E-state index contributed by atoms with van der Waals surface area (Å²) in [5, 5.41) is 1.11. The molecule has 0 radical (unpaired) electrons. The van der Waals surface area contributed by atoms with E-state index in [9.17, 15) is 9.59 Å². The summed E-state index contributed by atoms with van der Waals surface area (Å²) in [5.41, 5.74) is 1.32. The molecule has 0 bridgehead atoms. The van der Waals surface area contributed by atoms with Crippen LogP contribution < -0.4 is 5.43 Å². The smallest absolute Gasteiger partial charge is 0.338 e. The van der Waals surface area contributed by atoms with Crippen LogP contribution in [-0.4, -0.2) is 49.8 Å².